The van der Waals surface area contributed by atoms with Gasteiger partial charge in [0.2, 0.25) is 5.88 Å². The Morgan fingerprint density at radius 2 is 1.85 bits per heavy atom. The SMILES string of the molecule is O=C(c1ccc(OC2CCOC2)nc1)N1CCC(Oc2ncccn2)CC1. The van der Waals surface area contributed by atoms with Crippen molar-refractivity contribution in [3.8, 4) is 11.9 Å². The third-order valence-corrected chi connectivity index (χ3v) is 4.70. The van der Waals surface area contributed by atoms with Gasteiger partial charge in [-0.05, 0) is 12.1 Å². The van der Waals surface area contributed by atoms with E-state index in [1.54, 1.807) is 36.8 Å². The lowest BCUT2D eigenvalue weighted by atomic mass is 10.1. The molecule has 4 rings (SSSR count). The standard InChI is InChI=1S/C19H22N4O4/c24-18(14-2-3-17(22-12-14)26-16-6-11-25-13-16)23-9-4-15(5-10-23)27-19-20-7-1-8-21-19/h1-3,7-8,12,15-16H,4-6,9-11,13H2. The van der Waals surface area contributed by atoms with Crippen molar-refractivity contribution >= 4 is 5.91 Å². The number of carbonyl (C=O) groups is 1. The Morgan fingerprint density at radius 3 is 2.52 bits per heavy atom. The summed E-state index contributed by atoms with van der Waals surface area (Å²) in [5.41, 5.74) is 0.566. The summed E-state index contributed by atoms with van der Waals surface area (Å²) < 4.78 is 16.8. The van der Waals surface area contributed by atoms with E-state index in [9.17, 15) is 4.79 Å². The van der Waals surface area contributed by atoms with Gasteiger partial charge in [-0.25, -0.2) is 15.0 Å². The average molecular weight is 370 g/mol. The third kappa shape index (κ3) is 4.51. The molecule has 8 heteroatoms. The molecule has 0 spiro atoms. The van der Waals surface area contributed by atoms with Gasteiger partial charge >= 0.3 is 6.01 Å². The molecule has 0 saturated carbocycles. The fourth-order valence-corrected chi connectivity index (χ4v) is 3.21. The quantitative estimate of drug-likeness (QED) is 0.792. The summed E-state index contributed by atoms with van der Waals surface area (Å²) in [4.78, 5) is 26.9. The zero-order chi connectivity index (χ0) is 18.5. The van der Waals surface area contributed by atoms with Crippen LogP contribution in [-0.2, 0) is 4.74 Å². The molecule has 2 aromatic rings. The van der Waals surface area contributed by atoms with Crippen molar-refractivity contribution in [2.45, 2.75) is 31.5 Å². The number of nitrogens with zero attached hydrogens (tertiary/aromatic N) is 4. The van der Waals surface area contributed by atoms with Crippen LogP contribution in [-0.4, -0.2) is 64.3 Å². The summed E-state index contributed by atoms with van der Waals surface area (Å²) in [6.07, 6.45) is 7.33. The molecule has 1 amide bonds. The van der Waals surface area contributed by atoms with Gasteiger partial charge in [0, 0.05) is 57.0 Å². The summed E-state index contributed by atoms with van der Waals surface area (Å²) in [5.74, 6) is 0.504. The molecule has 2 aliphatic rings. The predicted molar refractivity (Wildman–Crippen MR) is 95.7 cm³/mol. The second kappa shape index (κ2) is 8.30. The fourth-order valence-electron chi connectivity index (χ4n) is 3.21. The lowest BCUT2D eigenvalue weighted by molar-refractivity contribution is 0.0578. The first-order valence-electron chi connectivity index (χ1n) is 9.21. The van der Waals surface area contributed by atoms with Crippen LogP contribution >= 0.6 is 0 Å². The second-order valence-corrected chi connectivity index (χ2v) is 6.63. The molecule has 2 aliphatic heterocycles. The van der Waals surface area contributed by atoms with E-state index >= 15 is 0 Å². The van der Waals surface area contributed by atoms with Crippen LogP contribution in [0.2, 0.25) is 0 Å². The Kier molecular flexibility index (Phi) is 5.43. The summed E-state index contributed by atoms with van der Waals surface area (Å²) in [6.45, 7) is 2.58. The van der Waals surface area contributed by atoms with Gasteiger partial charge < -0.3 is 19.1 Å². The zero-order valence-electron chi connectivity index (χ0n) is 15.0. The highest BCUT2D eigenvalue weighted by Gasteiger charge is 2.25. The Bertz CT molecular complexity index is 742. The number of amides is 1. The molecule has 142 valence electrons. The van der Waals surface area contributed by atoms with Crippen molar-refractivity contribution in [3.63, 3.8) is 0 Å². The highest BCUT2D eigenvalue weighted by Crippen LogP contribution is 2.19. The van der Waals surface area contributed by atoms with E-state index in [4.69, 9.17) is 14.2 Å². The number of likely N-dealkylation sites (tertiary alicyclic amines) is 1. The minimum atomic E-state index is -0.0207. The molecule has 0 aromatic carbocycles. The smallest absolute Gasteiger partial charge is 0.316 e. The number of hydrogen-bond acceptors (Lipinski definition) is 7. The Labute approximate surface area is 157 Å². The second-order valence-electron chi connectivity index (χ2n) is 6.63. The molecule has 1 atom stereocenters. The largest absolute Gasteiger partial charge is 0.472 e. The highest BCUT2D eigenvalue weighted by molar-refractivity contribution is 5.94. The number of hydrogen-bond donors (Lipinski definition) is 0. The number of aromatic nitrogens is 3. The van der Waals surface area contributed by atoms with Gasteiger partial charge in [0.15, 0.2) is 0 Å². The minimum Gasteiger partial charge on any atom is -0.472 e. The van der Waals surface area contributed by atoms with Crippen LogP contribution < -0.4 is 9.47 Å². The van der Waals surface area contributed by atoms with E-state index in [1.807, 2.05) is 4.90 Å². The van der Waals surface area contributed by atoms with E-state index in [1.165, 1.54) is 0 Å². The number of ether oxygens (including phenoxy) is 3. The first-order valence-corrected chi connectivity index (χ1v) is 9.21. The van der Waals surface area contributed by atoms with Crippen molar-refractivity contribution in [1.29, 1.82) is 0 Å². The third-order valence-electron chi connectivity index (χ3n) is 4.70. The summed E-state index contributed by atoms with van der Waals surface area (Å²) in [5, 5.41) is 0. The Balaban J connectivity index is 1.28. The molecule has 2 aromatic heterocycles. The molecule has 0 N–H and O–H groups in total. The van der Waals surface area contributed by atoms with Crippen LogP contribution in [0.1, 0.15) is 29.6 Å². The molecule has 0 bridgehead atoms. The van der Waals surface area contributed by atoms with Gasteiger partial charge in [0.1, 0.15) is 12.2 Å². The van der Waals surface area contributed by atoms with Gasteiger partial charge in [0.05, 0.1) is 18.8 Å². The molecule has 1 unspecified atom stereocenters. The summed E-state index contributed by atoms with van der Waals surface area (Å²) >= 11 is 0. The minimum absolute atomic E-state index is 0.0207. The molecule has 0 radical (unpaired) electrons. The van der Waals surface area contributed by atoms with Gasteiger partial charge in [0.25, 0.3) is 5.91 Å². The Hall–Kier alpha value is -2.74. The van der Waals surface area contributed by atoms with E-state index in [0.29, 0.717) is 37.2 Å². The molecule has 0 aliphatic carbocycles. The van der Waals surface area contributed by atoms with Gasteiger partial charge in [-0.15, -0.1) is 0 Å². The van der Waals surface area contributed by atoms with Crippen molar-refractivity contribution in [3.05, 3.63) is 42.4 Å². The maximum Gasteiger partial charge on any atom is 0.316 e. The number of piperidine rings is 1. The van der Waals surface area contributed by atoms with Crippen LogP contribution in [0, 0.1) is 0 Å². The molecular formula is C19H22N4O4. The molecule has 2 saturated heterocycles. The van der Waals surface area contributed by atoms with Gasteiger partial charge in [-0.3, -0.25) is 4.79 Å². The monoisotopic (exact) mass is 370 g/mol. The van der Waals surface area contributed by atoms with E-state index in [-0.39, 0.29) is 18.1 Å². The molecule has 27 heavy (non-hydrogen) atoms. The molecule has 4 heterocycles. The van der Waals surface area contributed by atoms with Crippen molar-refractivity contribution in [2.24, 2.45) is 0 Å². The highest BCUT2D eigenvalue weighted by atomic mass is 16.5. The fraction of sp³-hybridized carbons (Fsp3) is 0.474. The first kappa shape index (κ1) is 17.7. The molecule has 2 fully saturated rings. The van der Waals surface area contributed by atoms with Crippen LogP contribution in [0.5, 0.6) is 11.9 Å². The lowest BCUT2D eigenvalue weighted by Crippen LogP contribution is -2.42. The lowest BCUT2D eigenvalue weighted by Gasteiger charge is -2.31. The van der Waals surface area contributed by atoms with Crippen molar-refractivity contribution < 1.29 is 19.0 Å². The maximum absolute atomic E-state index is 12.7. The van der Waals surface area contributed by atoms with E-state index in [2.05, 4.69) is 15.0 Å². The van der Waals surface area contributed by atoms with E-state index < -0.39 is 0 Å². The van der Waals surface area contributed by atoms with Crippen molar-refractivity contribution in [2.75, 3.05) is 26.3 Å². The number of pyridine rings is 1. The topological polar surface area (TPSA) is 86.7 Å². The number of carbonyl (C=O) groups excluding carboxylic acids is 1. The number of rotatable bonds is 5. The van der Waals surface area contributed by atoms with Gasteiger partial charge in [-0.2, -0.15) is 0 Å². The van der Waals surface area contributed by atoms with Crippen LogP contribution in [0.3, 0.4) is 0 Å². The van der Waals surface area contributed by atoms with Crippen molar-refractivity contribution in [1.82, 2.24) is 19.9 Å². The maximum atomic E-state index is 12.7. The summed E-state index contributed by atoms with van der Waals surface area (Å²) in [7, 11) is 0. The first-order chi connectivity index (χ1) is 13.3. The van der Waals surface area contributed by atoms with Crippen LogP contribution in [0.25, 0.3) is 0 Å². The zero-order valence-corrected chi connectivity index (χ0v) is 15.0. The van der Waals surface area contributed by atoms with E-state index in [0.717, 1.165) is 25.9 Å². The molecular weight excluding hydrogens is 348 g/mol. The Morgan fingerprint density at radius 1 is 1.04 bits per heavy atom. The average Bonchev–Trinajstić information content (AvgIpc) is 3.22. The summed E-state index contributed by atoms with van der Waals surface area (Å²) in [6, 6.07) is 5.64. The molecule has 8 nitrogen and oxygen atoms in total. The predicted octanol–water partition coefficient (Wildman–Crippen LogP) is 1.72. The van der Waals surface area contributed by atoms with Crippen LogP contribution in [0.4, 0.5) is 0 Å². The van der Waals surface area contributed by atoms with Crippen LogP contribution in [0.15, 0.2) is 36.8 Å². The van der Waals surface area contributed by atoms with Gasteiger partial charge in [-0.1, -0.05) is 0 Å². The normalized spacial score (nSPS) is 20.4.